The van der Waals surface area contributed by atoms with E-state index in [4.69, 9.17) is 4.74 Å². The highest BCUT2D eigenvalue weighted by atomic mass is 127. The predicted molar refractivity (Wildman–Crippen MR) is 135 cm³/mol. The second kappa shape index (κ2) is 12.4. The van der Waals surface area contributed by atoms with Gasteiger partial charge in [0.2, 0.25) is 0 Å². The number of benzene rings is 2. The largest absolute Gasteiger partial charge is 0.493 e. The Morgan fingerprint density at radius 3 is 2.42 bits per heavy atom. The summed E-state index contributed by atoms with van der Waals surface area (Å²) in [5.74, 6) is 0.807. The molecule has 3 aromatic rings. The lowest BCUT2D eigenvalue weighted by molar-refractivity contribution is -0.0512. The standard InChI is InChI=1S/C23H27F2N5O2.HI/c1-15-11-16(2)30(29-15)19-8-6-5-7-18(19)14-28-23(26-3)27-13-17-9-10-20(31-4)21(12-17)32-22(24)25;/h5-12,22H,13-14H2,1-4H3,(H2,26,27,28);1H. The first-order chi connectivity index (χ1) is 15.4. The van der Waals surface area contributed by atoms with Crippen LogP contribution in [-0.2, 0) is 13.1 Å². The fourth-order valence-corrected chi connectivity index (χ4v) is 3.34. The van der Waals surface area contributed by atoms with Crippen LogP contribution in [0.15, 0.2) is 53.5 Å². The van der Waals surface area contributed by atoms with E-state index in [9.17, 15) is 8.78 Å². The molecule has 178 valence electrons. The number of hydrogen-bond donors (Lipinski definition) is 2. The molecule has 1 heterocycles. The molecule has 7 nitrogen and oxygen atoms in total. The average Bonchev–Trinajstić information content (AvgIpc) is 3.11. The summed E-state index contributed by atoms with van der Waals surface area (Å²) in [6.45, 7) is 1.95. The molecular formula is C23H28F2IN5O2. The normalized spacial score (nSPS) is 11.2. The predicted octanol–water partition coefficient (Wildman–Crippen LogP) is 4.58. The van der Waals surface area contributed by atoms with Crippen LogP contribution in [0, 0.1) is 13.8 Å². The fourth-order valence-electron chi connectivity index (χ4n) is 3.34. The van der Waals surface area contributed by atoms with Crippen molar-refractivity contribution in [3.63, 3.8) is 0 Å². The van der Waals surface area contributed by atoms with Crippen LogP contribution in [0.25, 0.3) is 5.69 Å². The molecule has 0 radical (unpaired) electrons. The molecule has 2 aromatic carbocycles. The summed E-state index contributed by atoms with van der Waals surface area (Å²) in [7, 11) is 3.07. The van der Waals surface area contributed by atoms with Crippen molar-refractivity contribution >= 4 is 29.9 Å². The maximum atomic E-state index is 12.7. The van der Waals surface area contributed by atoms with E-state index < -0.39 is 6.61 Å². The van der Waals surface area contributed by atoms with Gasteiger partial charge in [0.15, 0.2) is 17.5 Å². The summed E-state index contributed by atoms with van der Waals surface area (Å²) in [4.78, 5) is 4.24. The summed E-state index contributed by atoms with van der Waals surface area (Å²) in [5.41, 5.74) is 4.80. The summed E-state index contributed by atoms with van der Waals surface area (Å²) in [6, 6.07) is 14.9. The first kappa shape index (κ1) is 26.4. The zero-order valence-corrected chi connectivity index (χ0v) is 21.3. The molecule has 0 atom stereocenters. The minimum Gasteiger partial charge on any atom is -0.493 e. The van der Waals surface area contributed by atoms with Gasteiger partial charge in [-0.2, -0.15) is 13.9 Å². The lowest BCUT2D eigenvalue weighted by atomic mass is 10.1. The first-order valence-electron chi connectivity index (χ1n) is 10.1. The van der Waals surface area contributed by atoms with Crippen molar-refractivity contribution in [3.05, 3.63) is 71.0 Å². The smallest absolute Gasteiger partial charge is 0.387 e. The molecule has 0 spiro atoms. The molecule has 0 saturated carbocycles. The zero-order valence-electron chi connectivity index (χ0n) is 18.9. The molecule has 0 aliphatic heterocycles. The number of hydrogen-bond acceptors (Lipinski definition) is 4. The van der Waals surface area contributed by atoms with Gasteiger partial charge in [-0.1, -0.05) is 24.3 Å². The van der Waals surface area contributed by atoms with Crippen molar-refractivity contribution in [3.8, 4) is 17.2 Å². The topological polar surface area (TPSA) is 72.7 Å². The molecule has 0 fully saturated rings. The molecule has 0 saturated heterocycles. The molecule has 0 bridgehead atoms. The number of ether oxygens (including phenoxy) is 2. The number of guanidine groups is 1. The van der Waals surface area contributed by atoms with Crippen LogP contribution in [0.4, 0.5) is 8.78 Å². The van der Waals surface area contributed by atoms with Gasteiger partial charge in [-0.3, -0.25) is 4.99 Å². The minimum atomic E-state index is -2.93. The van der Waals surface area contributed by atoms with Gasteiger partial charge >= 0.3 is 6.61 Å². The van der Waals surface area contributed by atoms with E-state index in [1.807, 2.05) is 48.9 Å². The molecule has 10 heteroatoms. The van der Waals surface area contributed by atoms with E-state index >= 15 is 0 Å². The van der Waals surface area contributed by atoms with Crippen molar-refractivity contribution in [1.29, 1.82) is 0 Å². The third-order valence-electron chi connectivity index (χ3n) is 4.80. The quantitative estimate of drug-likeness (QED) is 0.235. The molecule has 0 aliphatic carbocycles. The van der Waals surface area contributed by atoms with E-state index in [2.05, 4.69) is 25.5 Å². The molecule has 1 aromatic heterocycles. The van der Waals surface area contributed by atoms with Crippen LogP contribution >= 0.6 is 24.0 Å². The van der Waals surface area contributed by atoms with E-state index in [1.165, 1.54) is 13.2 Å². The molecule has 0 amide bonds. The zero-order chi connectivity index (χ0) is 23.1. The number of nitrogens with one attached hydrogen (secondary N) is 2. The highest BCUT2D eigenvalue weighted by Crippen LogP contribution is 2.29. The second-order valence-electron chi connectivity index (χ2n) is 7.11. The van der Waals surface area contributed by atoms with Gasteiger partial charge in [0, 0.05) is 25.8 Å². The summed E-state index contributed by atoms with van der Waals surface area (Å²) >= 11 is 0. The SMILES string of the molecule is CN=C(NCc1ccc(OC)c(OC(F)F)c1)NCc1ccccc1-n1nc(C)cc1C.I. The number of aromatic nitrogens is 2. The van der Waals surface area contributed by atoms with Crippen molar-refractivity contribution in [1.82, 2.24) is 20.4 Å². The van der Waals surface area contributed by atoms with Crippen molar-refractivity contribution in [2.24, 2.45) is 4.99 Å². The second-order valence-corrected chi connectivity index (χ2v) is 7.11. The Kier molecular flexibility index (Phi) is 9.89. The Hall–Kier alpha value is -2.89. The van der Waals surface area contributed by atoms with Crippen molar-refractivity contribution < 1.29 is 18.3 Å². The van der Waals surface area contributed by atoms with Gasteiger partial charge in [0.1, 0.15) is 0 Å². The van der Waals surface area contributed by atoms with Crippen LogP contribution in [0.3, 0.4) is 0 Å². The number of methoxy groups -OCH3 is 1. The molecule has 33 heavy (non-hydrogen) atoms. The Morgan fingerprint density at radius 1 is 1.06 bits per heavy atom. The summed E-state index contributed by atoms with van der Waals surface area (Å²) < 4.78 is 36.8. The Labute approximate surface area is 209 Å². The number of aliphatic imine (C=N–C) groups is 1. The Balaban J connectivity index is 0.00000385. The lowest BCUT2D eigenvalue weighted by Gasteiger charge is -2.16. The van der Waals surface area contributed by atoms with E-state index in [0.717, 1.165) is 28.2 Å². The molecular weight excluding hydrogens is 543 g/mol. The van der Waals surface area contributed by atoms with Gasteiger partial charge < -0.3 is 20.1 Å². The fraction of sp³-hybridized carbons (Fsp3) is 0.304. The maximum Gasteiger partial charge on any atom is 0.387 e. The van der Waals surface area contributed by atoms with Gasteiger partial charge in [-0.25, -0.2) is 4.68 Å². The van der Waals surface area contributed by atoms with E-state index in [1.54, 1.807) is 19.2 Å². The molecule has 0 unspecified atom stereocenters. The van der Waals surface area contributed by atoms with Crippen LogP contribution in [-0.4, -0.2) is 36.5 Å². The minimum absolute atomic E-state index is 0. The van der Waals surface area contributed by atoms with Gasteiger partial charge in [0.25, 0.3) is 0 Å². The van der Waals surface area contributed by atoms with E-state index in [-0.39, 0.29) is 35.5 Å². The molecule has 0 aliphatic rings. The molecule has 2 N–H and O–H groups in total. The van der Waals surface area contributed by atoms with Gasteiger partial charge in [0.05, 0.1) is 18.5 Å². The monoisotopic (exact) mass is 571 g/mol. The average molecular weight is 571 g/mol. The molecule has 3 rings (SSSR count). The van der Waals surface area contributed by atoms with Crippen molar-refractivity contribution in [2.75, 3.05) is 14.2 Å². The highest BCUT2D eigenvalue weighted by molar-refractivity contribution is 14.0. The van der Waals surface area contributed by atoms with Gasteiger partial charge in [-0.05, 0) is 49.2 Å². The lowest BCUT2D eigenvalue weighted by Crippen LogP contribution is -2.36. The number of rotatable bonds is 8. The summed E-state index contributed by atoms with van der Waals surface area (Å²) in [5, 5.41) is 11.0. The third-order valence-corrected chi connectivity index (χ3v) is 4.80. The first-order valence-corrected chi connectivity index (χ1v) is 10.1. The number of aryl methyl sites for hydroxylation is 2. The van der Waals surface area contributed by atoms with Crippen LogP contribution < -0.4 is 20.1 Å². The van der Waals surface area contributed by atoms with Crippen molar-refractivity contribution in [2.45, 2.75) is 33.5 Å². The third kappa shape index (κ3) is 7.04. The van der Waals surface area contributed by atoms with E-state index in [0.29, 0.717) is 19.0 Å². The Morgan fingerprint density at radius 2 is 1.79 bits per heavy atom. The van der Waals surface area contributed by atoms with Crippen LogP contribution in [0.2, 0.25) is 0 Å². The number of alkyl halides is 2. The highest BCUT2D eigenvalue weighted by Gasteiger charge is 2.12. The number of para-hydroxylation sites is 1. The summed E-state index contributed by atoms with van der Waals surface area (Å²) in [6.07, 6.45) is 0. The van der Waals surface area contributed by atoms with Crippen LogP contribution in [0.5, 0.6) is 11.5 Å². The number of nitrogens with zero attached hydrogens (tertiary/aromatic N) is 3. The maximum absolute atomic E-state index is 12.7. The Bertz CT molecular complexity index is 1090. The van der Waals surface area contributed by atoms with Crippen LogP contribution in [0.1, 0.15) is 22.5 Å². The van der Waals surface area contributed by atoms with Gasteiger partial charge in [-0.15, -0.1) is 24.0 Å². The number of halogens is 3.